The molecule has 0 amide bonds. The van der Waals surface area contributed by atoms with E-state index in [1.165, 1.54) is 5.56 Å². The van der Waals surface area contributed by atoms with E-state index in [0.29, 0.717) is 12.5 Å². The van der Waals surface area contributed by atoms with Gasteiger partial charge in [0, 0.05) is 0 Å². The van der Waals surface area contributed by atoms with E-state index in [-0.39, 0.29) is 5.75 Å². The van der Waals surface area contributed by atoms with Gasteiger partial charge >= 0.3 is 0 Å². The molecule has 1 N–H and O–H groups in total. The fourth-order valence-corrected chi connectivity index (χ4v) is 1.88. The number of phenolic OH excluding ortho intramolecular Hbond substituents is 1. The van der Waals surface area contributed by atoms with Gasteiger partial charge in [0.15, 0.2) is 0 Å². The number of rotatable bonds is 4. The van der Waals surface area contributed by atoms with Gasteiger partial charge in [-0.15, -0.1) is 0 Å². The Bertz CT molecular complexity index is 542. The predicted octanol–water partition coefficient (Wildman–Crippen LogP) is 4.40. The van der Waals surface area contributed by atoms with Gasteiger partial charge in [0.25, 0.3) is 0 Å². The average Bonchev–Trinajstić information content (AvgIpc) is 2.39. The topological polar surface area (TPSA) is 29.5 Å². The third-order valence-corrected chi connectivity index (χ3v) is 3.21. The van der Waals surface area contributed by atoms with Crippen LogP contribution in [0.25, 0.3) is 0 Å². The fourth-order valence-electron chi connectivity index (χ4n) is 1.88. The lowest BCUT2D eigenvalue weighted by atomic mass is 10.0. The van der Waals surface area contributed by atoms with E-state index < -0.39 is 0 Å². The quantitative estimate of drug-likeness (QED) is 0.878. The largest absolute Gasteiger partial charge is 0.508 e. The Morgan fingerprint density at radius 1 is 1.05 bits per heavy atom. The lowest BCUT2D eigenvalue weighted by Gasteiger charge is -2.13. The molecule has 0 radical (unpaired) electrons. The van der Waals surface area contributed by atoms with Crippen LogP contribution in [0.2, 0.25) is 0 Å². The number of hydrogen-bond donors (Lipinski definition) is 1. The van der Waals surface area contributed by atoms with Crippen molar-refractivity contribution in [3.8, 4) is 11.5 Å². The Balaban J connectivity index is 2.10. The summed E-state index contributed by atoms with van der Waals surface area (Å²) in [4.78, 5) is 0. The van der Waals surface area contributed by atoms with E-state index in [1.807, 2.05) is 12.1 Å². The van der Waals surface area contributed by atoms with Crippen molar-refractivity contribution in [1.82, 2.24) is 0 Å². The summed E-state index contributed by atoms with van der Waals surface area (Å²) < 4.78 is 5.87. The minimum atomic E-state index is 0.279. The van der Waals surface area contributed by atoms with Crippen LogP contribution in [0.3, 0.4) is 0 Å². The molecular weight excluding hydrogens is 236 g/mol. The van der Waals surface area contributed by atoms with Gasteiger partial charge in [-0.3, -0.25) is 0 Å². The summed E-state index contributed by atoms with van der Waals surface area (Å²) in [5.41, 5.74) is 3.47. The van der Waals surface area contributed by atoms with Crippen LogP contribution in [-0.2, 0) is 6.61 Å². The molecule has 2 rings (SSSR count). The summed E-state index contributed by atoms with van der Waals surface area (Å²) in [6.07, 6.45) is 0. The normalized spacial score (nSPS) is 10.7. The van der Waals surface area contributed by atoms with E-state index in [4.69, 9.17) is 4.74 Å². The molecule has 0 aliphatic carbocycles. The Morgan fingerprint density at radius 2 is 1.74 bits per heavy atom. The first-order chi connectivity index (χ1) is 9.06. The Kier molecular flexibility index (Phi) is 4.10. The Hall–Kier alpha value is -1.96. The SMILES string of the molecule is Cc1ccc(C(C)C)cc1OCc1ccc(O)cc1. The molecule has 0 saturated carbocycles. The van der Waals surface area contributed by atoms with Crippen LogP contribution in [-0.4, -0.2) is 5.11 Å². The van der Waals surface area contributed by atoms with Crippen LogP contribution in [0.5, 0.6) is 11.5 Å². The number of aromatic hydroxyl groups is 1. The Labute approximate surface area is 114 Å². The van der Waals surface area contributed by atoms with Crippen molar-refractivity contribution in [3.63, 3.8) is 0 Å². The van der Waals surface area contributed by atoms with Crippen molar-refractivity contribution >= 4 is 0 Å². The monoisotopic (exact) mass is 256 g/mol. The molecule has 0 fully saturated rings. The highest BCUT2D eigenvalue weighted by Crippen LogP contribution is 2.25. The molecule has 19 heavy (non-hydrogen) atoms. The maximum Gasteiger partial charge on any atom is 0.122 e. The van der Waals surface area contributed by atoms with E-state index in [2.05, 4.69) is 39.0 Å². The first-order valence-corrected chi connectivity index (χ1v) is 6.57. The van der Waals surface area contributed by atoms with Gasteiger partial charge in [0.05, 0.1) is 0 Å². The second-order valence-corrected chi connectivity index (χ2v) is 5.13. The molecule has 0 aliphatic rings. The van der Waals surface area contributed by atoms with Gasteiger partial charge in [0.1, 0.15) is 18.1 Å². The van der Waals surface area contributed by atoms with Gasteiger partial charge in [0.2, 0.25) is 0 Å². The first-order valence-electron chi connectivity index (χ1n) is 6.57. The third-order valence-electron chi connectivity index (χ3n) is 3.21. The van der Waals surface area contributed by atoms with Crippen molar-refractivity contribution in [1.29, 1.82) is 0 Å². The summed E-state index contributed by atoms with van der Waals surface area (Å²) >= 11 is 0. The third kappa shape index (κ3) is 3.50. The standard InChI is InChI=1S/C17H20O2/c1-12(2)15-7-4-13(3)17(10-15)19-11-14-5-8-16(18)9-6-14/h4-10,12,18H,11H2,1-3H3. The van der Waals surface area contributed by atoms with Gasteiger partial charge in [-0.2, -0.15) is 0 Å². The molecular formula is C17H20O2. The van der Waals surface area contributed by atoms with Crippen molar-refractivity contribution in [2.45, 2.75) is 33.3 Å². The molecule has 0 spiro atoms. The number of ether oxygens (including phenoxy) is 1. The summed E-state index contributed by atoms with van der Waals surface area (Å²) in [5, 5.41) is 9.24. The van der Waals surface area contributed by atoms with Gasteiger partial charge < -0.3 is 9.84 Å². The zero-order valence-corrected chi connectivity index (χ0v) is 11.7. The summed E-state index contributed by atoms with van der Waals surface area (Å²) in [5.74, 6) is 1.71. The minimum Gasteiger partial charge on any atom is -0.508 e. The van der Waals surface area contributed by atoms with Crippen molar-refractivity contribution in [2.75, 3.05) is 0 Å². The highest BCUT2D eigenvalue weighted by Gasteiger charge is 2.05. The lowest BCUT2D eigenvalue weighted by Crippen LogP contribution is -1.98. The molecule has 0 aromatic heterocycles. The predicted molar refractivity (Wildman–Crippen MR) is 77.7 cm³/mol. The van der Waals surface area contributed by atoms with Crippen LogP contribution in [0.4, 0.5) is 0 Å². The summed E-state index contributed by atoms with van der Waals surface area (Å²) in [7, 11) is 0. The number of phenols is 1. The fraction of sp³-hybridized carbons (Fsp3) is 0.294. The van der Waals surface area contributed by atoms with Crippen LogP contribution < -0.4 is 4.74 Å². The van der Waals surface area contributed by atoms with Gasteiger partial charge in [-0.1, -0.05) is 38.1 Å². The number of aryl methyl sites for hydroxylation is 1. The van der Waals surface area contributed by atoms with Gasteiger partial charge in [-0.25, -0.2) is 0 Å². The molecule has 2 nitrogen and oxygen atoms in total. The van der Waals surface area contributed by atoms with E-state index in [1.54, 1.807) is 12.1 Å². The van der Waals surface area contributed by atoms with Crippen LogP contribution in [0.1, 0.15) is 36.5 Å². The summed E-state index contributed by atoms with van der Waals surface area (Å²) in [6.45, 7) is 6.92. The molecule has 2 aromatic carbocycles. The zero-order valence-electron chi connectivity index (χ0n) is 11.7. The van der Waals surface area contributed by atoms with Crippen molar-refractivity contribution < 1.29 is 9.84 Å². The Morgan fingerprint density at radius 3 is 2.37 bits per heavy atom. The number of hydrogen-bond acceptors (Lipinski definition) is 2. The van der Waals surface area contributed by atoms with E-state index in [0.717, 1.165) is 16.9 Å². The molecule has 0 heterocycles. The smallest absolute Gasteiger partial charge is 0.122 e. The maximum absolute atomic E-state index is 9.24. The molecule has 0 saturated heterocycles. The molecule has 0 bridgehead atoms. The molecule has 2 aromatic rings. The van der Waals surface area contributed by atoms with E-state index in [9.17, 15) is 5.11 Å². The second kappa shape index (κ2) is 5.79. The van der Waals surface area contributed by atoms with Crippen LogP contribution in [0, 0.1) is 6.92 Å². The highest BCUT2D eigenvalue weighted by molar-refractivity contribution is 5.38. The van der Waals surface area contributed by atoms with Crippen molar-refractivity contribution in [3.05, 3.63) is 59.2 Å². The lowest BCUT2D eigenvalue weighted by molar-refractivity contribution is 0.303. The average molecular weight is 256 g/mol. The number of benzene rings is 2. The first kappa shape index (κ1) is 13.5. The molecule has 100 valence electrons. The van der Waals surface area contributed by atoms with Crippen LogP contribution in [0.15, 0.2) is 42.5 Å². The molecule has 2 heteroatoms. The summed E-state index contributed by atoms with van der Waals surface area (Å²) in [6, 6.07) is 13.5. The van der Waals surface area contributed by atoms with Crippen molar-refractivity contribution in [2.24, 2.45) is 0 Å². The van der Waals surface area contributed by atoms with Crippen LogP contribution >= 0.6 is 0 Å². The highest BCUT2D eigenvalue weighted by atomic mass is 16.5. The van der Waals surface area contributed by atoms with Gasteiger partial charge in [-0.05, 0) is 47.7 Å². The van der Waals surface area contributed by atoms with E-state index >= 15 is 0 Å². The molecule has 0 unspecified atom stereocenters. The molecule has 0 aliphatic heterocycles. The zero-order chi connectivity index (χ0) is 13.8. The minimum absolute atomic E-state index is 0.279. The second-order valence-electron chi connectivity index (χ2n) is 5.13. The maximum atomic E-state index is 9.24. The molecule has 0 atom stereocenters.